The number of amides is 1. The van der Waals surface area contributed by atoms with Gasteiger partial charge in [0.05, 0.1) is 10.0 Å². The second-order valence-electron chi connectivity index (χ2n) is 6.93. The van der Waals surface area contributed by atoms with Crippen molar-refractivity contribution in [3.05, 3.63) is 58.1 Å². The number of hydrogen-bond acceptors (Lipinski definition) is 3. The van der Waals surface area contributed by atoms with Crippen molar-refractivity contribution in [2.75, 3.05) is 0 Å². The number of fused-ring (bicyclic) bond motifs is 2. The van der Waals surface area contributed by atoms with Gasteiger partial charge >= 0.3 is 0 Å². The highest BCUT2D eigenvalue weighted by Gasteiger charge is 2.34. The van der Waals surface area contributed by atoms with Crippen LogP contribution in [-0.4, -0.2) is 24.0 Å². The SMILES string of the molecule is Cl.O=C(NC1CC2CCC(C1)N2)c1c(Cl)cccc1Oc1ccccc1Cl. The number of rotatable bonds is 4. The van der Waals surface area contributed by atoms with Gasteiger partial charge in [0.2, 0.25) is 0 Å². The van der Waals surface area contributed by atoms with E-state index in [1.807, 2.05) is 12.1 Å². The summed E-state index contributed by atoms with van der Waals surface area (Å²) in [4.78, 5) is 12.9. The number of piperidine rings is 1. The van der Waals surface area contributed by atoms with Crippen LogP contribution in [0.3, 0.4) is 0 Å². The van der Waals surface area contributed by atoms with E-state index in [0.717, 1.165) is 12.8 Å². The smallest absolute Gasteiger partial charge is 0.256 e. The molecule has 2 aromatic carbocycles. The Morgan fingerprint density at radius 1 is 0.963 bits per heavy atom. The first-order chi connectivity index (χ1) is 12.6. The fourth-order valence-electron chi connectivity index (χ4n) is 3.89. The standard InChI is InChI=1S/C20H20Cl2N2O2.ClH/c21-15-4-1-2-6-17(15)26-18-7-3-5-16(22)19(18)20(25)24-14-10-12-8-9-13(11-14)23-12;/h1-7,12-14,23H,8-11H2,(H,24,25);1H. The van der Waals surface area contributed by atoms with Gasteiger partial charge in [-0.2, -0.15) is 0 Å². The summed E-state index contributed by atoms with van der Waals surface area (Å²) in [5, 5.41) is 7.56. The molecule has 2 aliphatic heterocycles. The summed E-state index contributed by atoms with van der Waals surface area (Å²) in [5.41, 5.74) is 0.347. The van der Waals surface area contributed by atoms with Gasteiger partial charge in [-0.3, -0.25) is 4.79 Å². The summed E-state index contributed by atoms with van der Waals surface area (Å²) in [6.45, 7) is 0. The van der Waals surface area contributed by atoms with Crippen LogP contribution in [0.15, 0.2) is 42.5 Å². The minimum absolute atomic E-state index is 0. The molecule has 4 nitrogen and oxygen atoms in total. The first-order valence-corrected chi connectivity index (χ1v) is 9.63. The summed E-state index contributed by atoms with van der Waals surface area (Å²) in [6, 6.07) is 13.5. The highest BCUT2D eigenvalue weighted by Crippen LogP contribution is 2.34. The summed E-state index contributed by atoms with van der Waals surface area (Å²) < 4.78 is 5.90. The van der Waals surface area contributed by atoms with Crippen molar-refractivity contribution in [2.45, 2.75) is 43.8 Å². The van der Waals surface area contributed by atoms with E-state index >= 15 is 0 Å². The molecule has 7 heteroatoms. The molecular formula is C20H21Cl3N2O2. The topological polar surface area (TPSA) is 50.4 Å². The quantitative estimate of drug-likeness (QED) is 0.703. The molecule has 4 rings (SSSR count). The Hall–Kier alpha value is -1.46. The monoisotopic (exact) mass is 426 g/mol. The predicted octanol–water partition coefficient (Wildman–Crippen LogP) is 5.22. The Morgan fingerprint density at radius 2 is 1.59 bits per heavy atom. The Bertz CT molecular complexity index is 819. The first-order valence-electron chi connectivity index (χ1n) is 8.88. The molecule has 2 bridgehead atoms. The molecule has 1 amide bonds. The minimum Gasteiger partial charge on any atom is -0.455 e. The van der Waals surface area contributed by atoms with Gasteiger partial charge in [0, 0.05) is 18.1 Å². The number of carbonyl (C=O) groups excluding carboxylic acids is 1. The van der Waals surface area contributed by atoms with Crippen LogP contribution in [0.25, 0.3) is 0 Å². The van der Waals surface area contributed by atoms with E-state index in [-0.39, 0.29) is 24.4 Å². The molecule has 2 atom stereocenters. The molecule has 2 aliphatic rings. The third-order valence-electron chi connectivity index (χ3n) is 5.07. The van der Waals surface area contributed by atoms with E-state index in [4.69, 9.17) is 27.9 Å². The molecule has 2 fully saturated rings. The van der Waals surface area contributed by atoms with Crippen molar-refractivity contribution < 1.29 is 9.53 Å². The van der Waals surface area contributed by atoms with Gasteiger partial charge < -0.3 is 15.4 Å². The van der Waals surface area contributed by atoms with E-state index in [9.17, 15) is 4.79 Å². The van der Waals surface area contributed by atoms with Crippen molar-refractivity contribution in [1.29, 1.82) is 0 Å². The fourth-order valence-corrected chi connectivity index (χ4v) is 4.31. The van der Waals surface area contributed by atoms with Crippen molar-refractivity contribution in [1.82, 2.24) is 10.6 Å². The second kappa shape index (κ2) is 8.70. The van der Waals surface area contributed by atoms with Crippen LogP contribution in [0, 0.1) is 0 Å². The molecule has 2 unspecified atom stereocenters. The first kappa shape index (κ1) is 20.3. The maximum absolute atomic E-state index is 12.9. The third kappa shape index (κ3) is 4.52. The average molecular weight is 428 g/mol. The van der Waals surface area contributed by atoms with Gasteiger partial charge in [-0.25, -0.2) is 0 Å². The Balaban J connectivity index is 0.00000210. The normalized spacial score (nSPS) is 23.4. The second-order valence-corrected chi connectivity index (χ2v) is 7.74. The number of hydrogen-bond donors (Lipinski definition) is 2. The molecule has 0 radical (unpaired) electrons. The third-order valence-corrected chi connectivity index (χ3v) is 5.69. The minimum atomic E-state index is -0.205. The molecule has 0 saturated carbocycles. The maximum atomic E-state index is 12.9. The van der Waals surface area contributed by atoms with E-state index < -0.39 is 0 Å². The fraction of sp³-hybridized carbons (Fsp3) is 0.350. The van der Waals surface area contributed by atoms with Crippen molar-refractivity contribution in [2.24, 2.45) is 0 Å². The van der Waals surface area contributed by atoms with Crippen LogP contribution in [0.5, 0.6) is 11.5 Å². The predicted molar refractivity (Wildman–Crippen MR) is 111 cm³/mol. The lowest BCUT2D eigenvalue weighted by atomic mass is 9.99. The lowest BCUT2D eigenvalue weighted by Crippen LogP contribution is -2.48. The van der Waals surface area contributed by atoms with Crippen LogP contribution in [0.2, 0.25) is 10.0 Å². The van der Waals surface area contributed by atoms with Crippen molar-refractivity contribution >= 4 is 41.5 Å². The Morgan fingerprint density at radius 3 is 2.30 bits per heavy atom. The van der Waals surface area contributed by atoms with E-state index in [2.05, 4.69) is 10.6 Å². The molecule has 2 heterocycles. The summed E-state index contributed by atoms with van der Waals surface area (Å²) >= 11 is 12.5. The van der Waals surface area contributed by atoms with Gasteiger partial charge in [-0.05, 0) is 49.9 Å². The molecule has 0 aliphatic carbocycles. The number of nitrogens with one attached hydrogen (secondary N) is 2. The number of ether oxygens (including phenoxy) is 1. The van der Waals surface area contributed by atoms with E-state index in [0.29, 0.717) is 39.2 Å². The van der Waals surface area contributed by atoms with E-state index in [1.165, 1.54) is 12.8 Å². The summed E-state index contributed by atoms with van der Waals surface area (Å²) in [7, 11) is 0. The van der Waals surface area contributed by atoms with Gasteiger partial charge in [0.1, 0.15) is 17.1 Å². The zero-order chi connectivity index (χ0) is 18.1. The van der Waals surface area contributed by atoms with Gasteiger partial charge in [-0.15, -0.1) is 12.4 Å². The lowest BCUT2D eigenvalue weighted by molar-refractivity contribution is 0.0922. The lowest BCUT2D eigenvalue weighted by Gasteiger charge is -2.30. The molecule has 2 N–H and O–H groups in total. The summed E-state index contributed by atoms with van der Waals surface area (Å²) in [6.07, 6.45) is 4.27. The van der Waals surface area contributed by atoms with Crippen molar-refractivity contribution in [3.63, 3.8) is 0 Å². The van der Waals surface area contributed by atoms with Crippen LogP contribution >= 0.6 is 35.6 Å². The van der Waals surface area contributed by atoms with Crippen LogP contribution in [0.4, 0.5) is 0 Å². The number of carbonyl (C=O) groups is 1. The molecule has 27 heavy (non-hydrogen) atoms. The molecular weight excluding hydrogens is 407 g/mol. The number of halogens is 3. The molecule has 2 aromatic rings. The Kier molecular flexibility index (Phi) is 6.53. The highest BCUT2D eigenvalue weighted by molar-refractivity contribution is 6.34. The van der Waals surface area contributed by atoms with Gasteiger partial charge in [0.25, 0.3) is 5.91 Å². The van der Waals surface area contributed by atoms with Crippen molar-refractivity contribution in [3.8, 4) is 11.5 Å². The zero-order valence-corrected chi connectivity index (χ0v) is 16.9. The van der Waals surface area contributed by atoms with Crippen LogP contribution < -0.4 is 15.4 Å². The molecule has 2 saturated heterocycles. The zero-order valence-electron chi connectivity index (χ0n) is 14.6. The molecule has 0 aromatic heterocycles. The number of benzene rings is 2. The highest BCUT2D eigenvalue weighted by atomic mass is 35.5. The number of para-hydroxylation sites is 1. The van der Waals surface area contributed by atoms with Crippen LogP contribution in [0.1, 0.15) is 36.0 Å². The molecule has 0 spiro atoms. The summed E-state index contributed by atoms with van der Waals surface area (Å²) in [5.74, 6) is 0.689. The van der Waals surface area contributed by atoms with Gasteiger partial charge in [-0.1, -0.05) is 41.4 Å². The average Bonchev–Trinajstić information content (AvgIpc) is 2.95. The largest absolute Gasteiger partial charge is 0.455 e. The van der Waals surface area contributed by atoms with Gasteiger partial charge in [0.15, 0.2) is 0 Å². The van der Waals surface area contributed by atoms with Crippen LogP contribution in [-0.2, 0) is 0 Å². The maximum Gasteiger partial charge on any atom is 0.256 e. The molecule has 144 valence electrons. The van der Waals surface area contributed by atoms with E-state index in [1.54, 1.807) is 30.3 Å². The Labute approximate surface area is 175 Å².